The van der Waals surface area contributed by atoms with Gasteiger partial charge in [0.05, 0.1) is 18.4 Å². The smallest absolute Gasteiger partial charge is 0.409 e. The Morgan fingerprint density at radius 2 is 2.29 bits per heavy atom. The minimum Gasteiger partial charge on any atom is -0.449 e. The largest absolute Gasteiger partial charge is 0.449 e. The number of amides is 2. The van der Waals surface area contributed by atoms with Gasteiger partial charge in [0.2, 0.25) is 5.91 Å². The normalized spacial score (nSPS) is 20.6. The molecule has 2 amide bonds. The average Bonchev–Trinajstić information content (AvgIpc) is 3.34. The molecule has 31 heavy (non-hydrogen) atoms. The number of ether oxygens (including phenoxy) is 1. The molecule has 1 unspecified atom stereocenters. The second-order valence-electron chi connectivity index (χ2n) is 7.93. The van der Waals surface area contributed by atoms with Gasteiger partial charge in [-0.15, -0.1) is 11.3 Å². The van der Waals surface area contributed by atoms with Gasteiger partial charge in [-0.2, -0.15) is 0 Å². The summed E-state index contributed by atoms with van der Waals surface area (Å²) in [6.07, 6.45) is 8.75. The summed E-state index contributed by atoms with van der Waals surface area (Å²) in [4.78, 5) is 31.1. The van der Waals surface area contributed by atoms with Crippen molar-refractivity contribution in [3.05, 3.63) is 46.6 Å². The lowest BCUT2D eigenvalue weighted by atomic mass is 9.89. The van der Waals surface area contributed by atoms with Crippen molar-refractivity contribution in [2.45, 2.75) is 31.8 Å². The average molecular weight is 443 g/mol. The van der Waals surface area contributed by atoms with Gasteiger partial charge in [-0.05, 0) is 54.9 Å². The van der Waals surface area contributed by atoms with E-state index in [-0.39, 0.29) is 17.9 Å². The lowest BCUT2D eigenvalue weighted by Gasteiger charge is -2.23. The van der Waals surface area contributed by atoms with Crippen molar-refractivity contribution in [2.75, 3.05) is 30.7 Å². The van der Waals surface area contributed by atoms with Crippen LogP contribution in [0, 0.1) is 5.92 Å². The van der Waals surface area contributed by atoms with E-state index in [1.807, 2.05) is 12.1 Å². The molecule has 2 atom stereocenters. The molecule has 0 spiro atoms. The quantitative estimate of drug-likeness (QED) is 0.613. The molecule has 0 aromatic carbocycles. The van der Waals surface area contributed by atoms with Gasteiger partial charge in [0, 0.05) is 36.4 Å². The molecule has 4 N–H and O–H groups in total. The predicted octanol–water partition coefficient (Wildman–Crippen LogP) is 2.69. The number of thiophene rings is 1. The summed E-state index contributed by atoms with van der Waals surface area (Å²) in [6.45, 7) is 1.22. The Morgan fingerprint density at radius 1 is 1.42 bits per heavy atom. The Balaban J connectivity index is 1.32. The molecule has 1 aliphatic carbocycles. The number of nitrogens with zero attached hydrogens (tertiary/aromatic N) is 2. The summed E-state index contributed by atoms with van der Waals surface area (Å²) in [7, 11) is 0. The van der Waals surface area contributed by atoms with Crippen LogP contribution >= 0.6 is 11.3 Å². The standard InChI is InChI=1S/C22H26N4O4S/c23-20-17-5-3-15(13-30-22(29)26-9-7-16(27)12-26)10-18(17)31-21(20)25-19(28)6-4-14-2-1-8-24-11-14/h1-2,4,6,8,11,15-16,27H,3,5,7,9-10,12-13,23H2,(H,25,28)/b6-4+/t15?,16-/m1/s1. The molecule has 2 aliphatic rings. The fourth-order valence-corrected chi connectivity index (χ4v) is 5.19. The molecular formula is C22H26N4O4S. The molecule has 164 valence electrons. The summed E-state index contributed by atoms with van der Waals surface area (Å²) < 4.78 is 5.47. The number of likely N-dealkylation sites (tertiary alicyclic amines) is 1. The number of β-amino-alcohol motifs (C(OH)–C–C–N with tert-alkyl or cyclic N) is 1. The topological polar surface area (TPSA) is 118 Å². The number of nitrogens with one attached hydrogen (secondary N) is 1. The molecule has 1 saturated heterocycles. The van der Waals surface area contributed by atoms with Crippen molar-refractivity contribution < 1.29 is 19.4 Å². The predicted molar refractivity (Wildman–Crippen MR) is 120 cm³/mol. The van der Waals surface area contributed by atoms with Crippen LogP contribution in [-0.2, 0) is 22.4 Å². The van der Waals surface area contributed by atoms with Gasteiger partial charge >= 0.3 is 6.09 Å². The Kier molecular flexibility index (Phi) is 6.53. The molecular weight excluding hydrogens is 416 g/mol. The summed E-state index contributed by atoms with van der Waals surface area (Å²) in [6, 6.07) is 3.68. The lowest BCUT2D eigenvalue weighted by Crippen LogP contribution is -2.32. The number of anilines is 2. The van der Waals surface area contributed by atoms with Crippen LogP contribution in [0.1, 0.15) is 28.8 Å². The maximum atomic E-state index is 12.3. The number of aliphatic hydroxyl groups is 1. The number of carbonyl (C=O) groups is 2. The van der Waals surface area contributed by atoms with Crippen LogP contribution in [-0.4, -0.2) is 52.8 Å². The molecule has 2 aromatic rings. The van der Waals surface area contributed by atoms with Crippen molar-refractivity contribution in [3.8, 4) is 0 Å². The number of hydrogen-bond donors (Lipinski definition) is 3. The number of rotatable bonds is 5. The number of aromatic nitrogens is 1. The number of carbonyl (C=O) groups excluding carboxylic acids is 2. The fourth-order valence-electron chi connectivity index (χ4n) is 3.90. The van der Waals surface area contributed by atoms with Crippen LogP contribution in [0.15, 0.2) is 30.6 Å². The zero-order chi connectivity index (χ0) is 21.8. The van der Waals surface area contributed by atoms with Crippen LogP contribution in [0.5, 0.6) is 0 Å². The molecule has 0 saturated carbocycles. The van der Waals surface area contributed by atoms with Gasteiger partial charge in [0.1, 0.15) is 5.00 Å². The first-order valence-electron chi connectivity index (χ1n) is 10.4. The Labute approximate surface area is 184 Å². The van der Waals surface area contributed by atoms with Crippen molar-refractivity contribution in [1.82, 2.24) is 9.88 Å². The van der Waals surface area contributed by atoms with E-state index in [0.717, 1.165) is 35.3 Å². The van der Waals surface area contributed by atoms with Gasteiger partial charge in [-0.25, -0.2) is 4.79 Å². The minimum atomic E-state index is -0.452. The zero-order valence-electron chi connectivity index (χ0n) is 17.1. The molecule has 1 aliphatic heterocycles. The Hall–Kier alpha value is -2.91. The van der Waals surface area contributed by atoms with E-state index in [1.54, 1.807) is 23.4 Å². The van der Waals surface area contributed by atoms with Crippen LogP contribution in [0.4, 0.5) is 15.5 Å². The Bertz CT molecular complexity index is 975. The molecule has 3 heterocycles. The SMILES string of the molecule is Nc1c(NC(=O)/C=C/c2cccnc2)sc2c1CCC(COC(=O)N1CC[C@@H](O)C1)C2. The van der Waals surface area contributed by atoms with E-state index in [2.05, 4.69) is 10.3 Å². The van der Waals surface area contributed by atoms with E-state index in [1.165, 1.54) is 17.4 Å². The highest BCUT2D eigenvalue weighted by molar-refractivity contribution is 7.17. The third kappa shape index (κ3) is 5.23. The summed E-state index contributed by atoms with van der Waals surface area (Å²) in [5.74, 6) is -0.0246. The second-order valence-corrected chi connectivity index (χ2v) is 9.03. The number of nitrogens with two attached hydrogens (primary N) is 1. The first kappa shape index (κ1) is 21.3. The highest BCUT2D eigenvalue weighted by atomic mass is 32.1. The number of hydrogen-bond acceptors (Lipinski definition) is 7. The van der Waals surface area contributed by atoms with E-state index >= 15 is 0 Å². The molecule has 1 fully saturated rings. The number of nitrogen functional groups attached to an aromatic ring is 1. The molecule has 8 nitrogen and oxygen atoms in total. The summed E-state index contributed by atoms with van der Waals surface area (Å²) in [5.41, 5.74) is 8.85. The number of aliphatic hydroxyl groups excluding tert-OH is 1. The van der Waals surface area contributed by atoms with E-state index < -0.39 is 6.10 Å². The maximum absolute atomic E-state index is 12.3. The Morgan fingerprint density at radius 3 is 3.03 bits per heavy atom. The third-order valence-corrected chi connectivity index (χ3v) is 6.81. The van der Waals surface area contributed by atoms with Gasteiger partial charge in [0.25, 0.3) is 0 Å². The number of pyridine rings is 1. The lowest BCUT2D eigenvalue weighted by molar-refractivity contribution is -0.111. The maximum Gasteiger partial charge on any atom is 0.409 e. The zero-order valence-corrected chi connectivity index (χ0v) is 17.9. The van der Waals surface area contributed by atoms with Gasteiger partial charge in [-0.1, -0.05) is 6.07 Å². The monoisotopic (exact) mass is 442 g/mol. The van der Waals surface area contributed by atoms with E-state index in [4.69, 9.17) is 10.5 Å². The van der Waals surface area contributed by atoms with Gasteiger partial charge in [0.15, 0.2) is 0 Å². The third-order valence-electron chi connectivity index (χ3n) is 5.62. The molecule has 0 bridgehead atoms. The molecule has 2 aromatic heterocycles. The molecule has 9 heteroatoms. The minimum absolute atomic E-state index is 0.219. The van der Waals surface area contributed by atoms with Crippen LogP contribution < -0.4 is 11.1 Å². The van der Waals surface area contributed by atoms with Crippen LogP contribution in [0.2, 0.25) is 0 Å². The summed E-state index contributed by atoms with van der Waals surface area (Å²) in [5, 5.41) is 13.1. The first-order valence-corrected chi connectivity index (χ1v) is 11.2. The van der Waals surface area contributed by atoms with Gasteiger partial charge < -0.3 is 25.8 Å². The highest BCUT2D eigenvalue weighted by Crippen LogP contribution is 2.41. The van der Waals surface area contributed by atoms with E-state index in [0.29, 0.717) is 36.8 Å². The molecule has 0 radical (unpaired) electrons. The van der Waals surface area contributed by atoms with Crippen LogP contribution in [0.3, 0.4) is 0 Å². The van der Waals surface area contributed by atoms with Crippen molar-refractivity contribution in [2.24, 2.45) is 5.92 Å². The van der Waals surface area contributed by atoms with Crippen molar-refractivity contribution in [3.63, 3.8) is 0 Å². The van der Waals surface area contributed by atoms with Crippen molar-refractivity contribution in [1.29, 1.82) is 0 Å². The molecule has 4 rings (SSSR count). The fraction of sp³-hybridized carbons (Fsp3) is 0.409. The van der Waals surface area contributed by atoms with Crippen LogP contribution in [0.25, 0.3) is 6.08 Å². The first-order chi connectivity index (χ1) is 15.0. The summed E-state index contributed by atoms with van der Waals surface area (Å²) >= 11 is 1.49. The highest BCUT2D eigenvalue weighted by Gasteiger charge is 2.29. The number of fused-ring (bicyclic) bond motifs is 1. The van der Waals surface area contributed by atoms with Crippen molar-refractivity contribution >= 4 is 40.1 Å². The van der Waals surface area contributed by atoms with E-state index in [9.17, 15) is 14.7 Å². The second kappa shape index (κ2) is 9.49. The van der Waals surface area contributed by atoms with Gasteiger partial charge in [-0.3, -0.25) is 9.78 Å².